The molecular weight excluding hydrogens is 208 g/mol. The second-order valence-electron chi connectivity index (χ2n) is 3.83. The molecule has 0 bridgehead atoms. The summed E-state index contributed by atoms with van der Waals surface area (Å²) in [5.41, 5.74) is 9.08. The van der Waals surface area contributed by atoms with Crippen LogP contribution < -0.4 is 5.32 Å². The summed E-state index contributed by atoms with van der Waals surface area (Å²) in [4.78, 5) is 14.2. The smallest absolute Gasteiger partial charge is 0.333 e. The highest BCUT2D eigenvalue weighted by atomic mass is 16.5. The van der Waals surface area contributed by atoms with Crippen molar-refractivity contribution in [1.82, 2.24) is 5.32 Å². The Morgan fingerprint density at radius 3 is 2.94 bits per heavy atom. The molecule has 6 heteroatoms. The van der Waals surface area contributed by atoms with Crippen molar-refractivity contribution in [2.45, 2.75) is 25.4 Å². The standard InChI is InChI=1S/C10H16N4O2/c1-6-4-7(10(15)16-3)5-8(13-14-11)9(6)12-2/h4,6,8-9,12H,5H2,1-3H3. The maximum absolute atomic E-state index is 11.4. The Labute approximate surface area is 94.3 Å². The molecule has 0 aromatic carbocycles. The Bertz CT molecular complexity index is 347. The highest BCUT2D eigenvalue weighted by Gasteiger charge is 2.31. The van der Waals surface area contributed by atoms with E-state index in [9.17, 15) is 4.79 Å². The van der Waals surface area contributed by atoms with Crippen LogP contribution in [0.4, 0.5) is 0 Å². The van der Waals surface area contributed by atoms with Gasteiger partial charge in [0.1, 0.15) is 0 Å². The first-order valence-corrected chi connectivity index (χ1v) is 5.14. The third kappa shape index (κ3) is 2.53. The summed E-state index contributed by atoms with van der Waals surface area (Å²) in [5, 5.41) is 6.83. The normalized spacial score (nSPS) is 28.9. The van der Waals surface area contributed by atoms with Crippen LogP contribution in [0.25, 0.3) is 10.4 Å². The zero-order valence-corrected chi connectivity index (χ0v) is 9.67. The number of carbonyl (C=O) groups is 1. The first-order valence-electron chi connectivity index (χ1n) is 5.14. The van der Waals surface area contributed by atoms with Gasteiger partial charge < -0.3 is 10.1 Å². The van der Waals surface area contributed by atoms with Crippen LogP contribution in [-0.4, -0.2) is 32.2 Å². The lowest BCUT2D eigenvalue weighted by Gasteiger charge is -2.32. The minimum Gasteiger partial charge on any atom is -0.466 e. The molecule has 0 saturated carbocycles. The van der Waals surface area contributed by atoms with Crippen molar-refractivity contribution in [3.8, 4) is 0 Å². The Morgan fingerprint density at radius 2 is 2.44 bits per heavy atom. The third-order valence-electron chi connectivity index (χ3n) is 2.85. The van der Waals surface area contributed by atoms with E-state index < -0.39 is 0 Å². The van der Waals surface area contributed by atoms with Crippen molar-refractivity contribution in [2.75, 3.05) is 14.2 Å². The summed E-state index contributed by atoms with van der Waals surface area (Å²) >= 11 is 0. The number of ether oxygens (including phenoxy) is 1. The van der Waals surface area contributed by atoms with Gasteiger partial charge in [-0.3, -0.25) is 0 Å². The highest BCUT2D eigenvalue weighted by Crippen LogP contribution is 2.26. The molecule has 1 rings (SSSR count). The van der Waals surface area contributed by atoms with Crippen molar-refractivity contribution in [3.05, 3.63) is 22.1 Å². The fourth-order valence-corrected chi connectivity index (χ4v) is 2.11. The number of nitrogens with one attached hydrogen (secondary N) is 1. The Kier molecular flexibility index (Phi) is 4.34. The molecule has 0 amide bonds. The lowest BCUT2D eigenvalue weighted by atomic mass is 9.83. The van der Waals surface area contributed by atoms with Crippen LogP contribution in [0, 0.1) is 5.92 Å². The maximum Gasteiger partial charge on any atom is 0.333 e. The average molecular weight is 224 g/mol. The zero-order chi connectivity index (χ0) is 12.1. The summed E-state index contributed by atoms with van der Waals surface area (Å²) in [7, 11) is 3.17. The van der Waals surface area contributed by atoms with E-state index in [0.717, 1.165) is 0 Å². The summed E-state index contributed by atoms with van der Waals surface area (Å²) < 4.78 is 4.67. The minimum atomic E-state index is -0.348. The van der Waals surface area contributed by atoms with Gasteiger partial charge in [-0.25, -0.2) is 4.79 Å². The lowest BCUT2D eigenvalue weighted by Crippen LogP contribution is -2.44. The van der Waals surface area contributed by atoms with Crippen LogP contribution >= 0.6 is 0 Å². The fourth-order valence-electron chi connectivity index (χ4n) is 2.11. The van der Waals surface area contributed by atoms with E-state index in [0.29, 0.717) is 12.0 Å². The van der Waals surface area contributed by atoms with Gasteiger partial charge in [-0.05, 0) is 24.9 Å². The number of azide groups is 1. The van der Waals surface area contributed by atoms with Crippen LogP contribution in [0.15, 0.2) is 16.8 Å². The van der Waals surface area contributed by atoms with Crippen molar-refractivity contribution in [1.29, 1.82) is 0 Å². The molecule has 0 heterocycles. The molecule has 3 atom stereocenters. The number of methoxy groups -OCH3 is 1. The van der Waals surface area contributed by atoms with Gasteiger partial charge in [-0.1, -0.05) is 18.1 Å². The van der Waals surface area contributed by atoms with Gasteiger partial charge in [-0.15, -0.1) is 0 Å². The van der Waals surface area contributed by atoms with Gasteiger partial charge in [0.05, 0.1) is 13.2 Å². The highest BCUT2D eigenvalue weighted by molar-refractivity contribution is 5.88. The Hall–Kier alpha value is -1.52. The largest absolute Gasteiger partial charge is 0.466 e. The number of hydrogen-bond donors (Lipinski definition) is 1. The van der Waals surface area contributed by atoms with Crippen LogP contribution in [0.1, 0.15) is 13.3 Å². The van der Waals surface area contributed by atoms with E-state index in [1.54, 1.807) is 0 Å². The number of rotatable bonds is 3. The summed E-state index contributed by atoms with van der Waals surface area (Å²) in [6, 6.07) is -0.187. The van der Waals surface area contributed by atoms with E-state index in [-0.39, 0.29) is 24.0 Å². The molecule has 0 fully saturated rings. The molecule has 1 N–H and O–H groups in total. The van der Waals surface area contributed by atoms with Crippen molar-refractivity contribution < 1.29 is 9.53 Å². The number of esters is 1. The maximum atomic E-state index is 11.4. The van der Waals surface area contributed by atoms with Crippen molar-refractivity contribution >= 4 is 5.97 Å². The molecule has 1 aliphatic rings. The molecular formula is C10H16N4O2. The first-order chi connectivity index (χ1) is 7.63. The van der Waals surface area contributed by atoms with Crippen molar-refractivity contribution in [3.63, 3.8) is 0 Å². The van der Waals surface area contributed by atoms with Gasteiger partial charge >= 0.3 is 5.97 Å². The second kappa shape index (κ2) is 5.53. The van der Waals surface area contributed by atoms with Crippen molar-refractivity contribution in [2.24, 2.45) is 11.0 Å². The minimum absolute atomic E-state index is 0.0595. The molecule has 0 aromatic heterocycles. The molecule has 0 radical (unpaired) electrons. The lowest BCUT2D eigenvalue weighted by molar-refractivity contribution is -0.136. The van der Waals surface area contributed by atoms with Gasteiger partial charge in [-0.2, -0.15) is 0 Å². The molecule has 88 valence electrons. The van der Waals surface area contributed by atoms with Gasteiger partial charge in [0, 0.05) is 16.5 Å². The van der Waals surface area contributed by atoms with E-state index in [2.05, 4.69) is 20.1 Å². The zero-order valence-electron chi connectivity index (χ0n) is 9.67. The number of hydrogen-bond acceptors (Lipinski definition) is 4. The van der Waals surface area contributed by atoms with Crippen LogP contribution in [0.2, 0.25) is 0 Å². The number of carbonyl (C=O) groups excluding carboxylic acids is 1. The van der Waals surface area contributed by atoms with Crippen LogP contribution in [0.5, 0.6) is 0 Å². The molecule has 0 spiro atoms. The summed E-state index contributed by atoms with van der Waals surface area (Å²) in [6.45, 7) is 1.98. The van der Waals surface area contributed by atoms with Crippen LogP contribution in [-0.2, 0) is 9.53 Å². The van der Waals surface area contributed by atoms with E-state index >= 15 is 0 Å². The number of nitrogens with zero attached hydrogens (tertiary/aromatic N) is 3. The van der Waals surface area contributed by atoms with E-state index in [1.165, 1.54) is 7.11 Å². The molecule has 6 nitrogen and oxygen atoms in total. The molecule has 1 aliphatic carbocycles. The SMILES string of the molecule is CNC1C(C)C=C(C(=O)OC)CC1N=[N+]=[N-]. The molecule has 0 aromatic rings. The van der Waals surface area contributed by atoms with Gasteiger partial charge in [0.2, 0.25) is 0 Å². The molecule has 16 heavy (non-hydrogen) atoms. The van der Waals surface area contributed by atoms with E-state index in [4.69, 9.17) is 5.53 Å². The summed E-state index contributed by atoms with van der Waals surface area (Å²) in [5.74, 6) is -0.220. The second-order valence-corrected chi connectivity index (χ2v) is 3.83. The molecule has 0 saturated heterocycles. The summed E-state index contributed by atoms with van der Waals surface area (Å²) in [6.07, 6.45) is 2.29. The Balaban J connectivity index is 2.94. The number of likely N-dealkylation sites (N-methyl/N-ethyl adjacent to an activating group) is 1. The quantitative estimate of drug-likeness (QED) is 0.340. The monoisotopic (exact) mass is 224 g/mol. The molecule has 0 aliphatic heterocycles. The molecule has 3 unspecified atom stereocenters. The third-order valence-corrected chi connectivity index (χ3v) is 2.85. The predicted molar refractivity (Wildman–Crippen MR) is 59.7 cm³/mol. The predicted octanol–water partition coefficient (Wildman–Crippen LogP) is 1.39. The Morgan fingerprint density at radius 1 is 1.75 bits per heavy atom. The fraction of sp³-hybridized carbons (Fsp3) is 0.700. The van der Waals surface area contributed by atoms with E-state index in [1.807, 2.05) is 20.0 Å². The average Bonchev–Trinajstić information content (AvgIpc) is 2.28. The van der Waals surface area contributed by atoms with Gasteiger partial charge in [0.15, 0.2) is 0 Å². The van der Waals surface area contributed by atoms with Gasteiger partial charge in [0.25, 0.3) is 0 Å². The van der Waals surface area contributed by atoms with Crippen LogP contribution in [0.3, 0.4) is 0 Å². The topological polar surface area (TPSA) is 87.1 Å². The first kappa shape index (κ1) is 12.5.